The number of ether oxygens (including phenoxy) is 1. The van der Waals surface area contributed by atoms with Gasteiger partial charge in [0.1, 0.15) is 29.4 Å². The Morgan fingerprint density at radius 3 is 2.37 bits per heavy atom. The lowest BCUT2D eigenvalue weighted by atomic mass is 9.86. The van der Waals surface area contributed by atoms with Crippen LogP contribution in [-0.4, -0.2) is 123 Å². The van der Waals surface area contributed by atoms with E-state index < -0.39 is 40.1 Å². The second-order valence-electron chi connectivity index (χ2n) is 13.9. The van der Waals surface area contributed by atoms with E-state index in [1.807, 2.05) is 44.9 Å². The average molecular weight is 742 g/mol. The van der Waals surface area contributed by atoms with Gasteiger partial charge in [-0.05, 0) is 80.6 Å². The normalized spacial score (nSPS) is 19.5. The molecule has 0 radical (unpaired) electrons. The van der Waals surface area contributed by atoms with E-state index in [2.05, 4.69) is 9.88 Å². The zero-order valence-corrected chi connectivity index (χ0v) is 31.3. The highest BCUT2D eigenvalue weighted by atomic mass is 32.2. The fraction of sp³-hybridized carbons (Fsp3) is 0.526. The summed E-state index contributed by atoms with van der Waals surface area (Å²) in [7, 11) is -1.69. The van der Waals surface area contributed by atoms with Gasteiger partial charge >= 0.3 is 6.09 Å². The van der Waals surface area contributed by atoms with Crippen LogP contribution in [0.4, 0.5) is 14.9 Å². The molecule has 14 heteroatoms. The van der Waals surface area contributed by atoms with E-state index >= 15 is 0 Å². The maximum atomic E-state index is 14.9. The number of nitrogens with zero attached hydrogens (tertiary/aromatic N) is 5. The summed E-state index contributed by atoms with van der Waals surface area (Å²) >= 11 is 0. The summed E-state index contributed by atoms with van der Waals surface area (Å²) in [5.41, 5.74) is 1.90. The van der Waals surface area contributed by atoms with Crippen molar-refractivity contribution in [1.29, 1.82) is 0 Å². The number of benzene rings is 1. The summed E-state index contributed by atoms with van der Waals surface area (Å²) in [4.78, 5) is 46.2. The summed E-state index contributed by atoms with van der Waals surface area (Å²) in [5, 5.41) is 10.1. The van der Waals surface area contributed by atoms with Crippen molar-refractivity contribution in [2.45, 2.75) is 57.1 Å². The average Bonchev–Trinajstić information content (AvgIpc) is 3.13. The van der Waals surface area contributed by atoms with Crippen LogP contribution in [0.5, 0.6) is 0 Å². The molecule has 2 aliphatic rings. The fourth-order valence-corrected chi connectivity index (χ4v) is 7.87. The van der Waals surface area contributed by atoms with E-state index in [1.165, 1.54) is 34.9 Å². The molecule has 0 saturated carbocycles. The number of carbonyl (C=O) groups excluding carboxylic acids is 3. The lowest BCUT2D eigenvalue weighted by Crippen LogP contribution is -2.48. The van der Waals surface area contributed by atoms with Crippen molar-refractivity contribution in [1.82, 2.24) is 19.1 Å². The topological polar surface area (TPSA) is 141 Å². The van der Waals surface area contributed by atoms with Gasteiger partial charge in [0.05, 0.1) is 6.10 Å². The number of aromatic nitrogens is 1. The van der Waals surface area contributed by atoms with Crippen molar-refractivity contribution >= 4 is 40.5 Å². The van der Waals surface area contributed by atoms with Gasteiger partial charge in [-0.1, -0.05) is 31.6 Å². The molecule has 52 heavy (non-hydrogen) atoms. The Balaban J connectivity index is 1.45. The molecular weight excluding hydrogens is 690 g/mol. The molecule has 0 unspecified atom stereocenters. The molecule has 1 aromatic carbocycles. The molecule has 2 fully saturated rings. The van der Waals surface area contributed by atoms with Gasteiger partial charge in [0.15, 0.2) is 0 Å². The van der Waals surface area contributed by atoms with Crippen molar-refractivity contribution in [2.24, 2.45) is 17.8 Å². The van der Waals surface area contributed by atoms with Crippen LogP contribution < -0.4 is 4.90 Å². The molecule has 284 valence electrons. The van der Waals surface area contributed by atoms with Crippen LogP contribution in [0.2, 0.25) is 0 Å². The summed E-state index contributed by atoms with van der Waals surface area (Å²) in [5.74, 6) is -1.47. The maximum Gasteiger partial charge on any atom is 0.410 e. The Hall–Kier alpha value is -3.98. The van der Waals surface area contributed by atoms with E-state index in [4.69, 9.17) is 4.74 Å². The zero-order chi connectivity index (χ0) is 37.8. The third kappa shape index (κ3) is 11.3. The van der Waals surface area contributed by atoms with Crippen molar-refractivity contribution < 1.29 is 37.0 Å². The Labute approximate surface area is 307 Å². The molecular formula is C38H52FN5O7S. The van der Waals surface area contributed by atoms with Crippen molar-refractivity contribution in [3.05, 3.63) is 71.8 Å². The number of rotatable bonds is 16. The number of hydrogen-bond donors (Lipinski definition) is 1. The first-order chi connectivity index (χ1) is 24.8. The number of aliphatic hydroxyl groups is 1. The number of amides is 1. The molecule has 1 amide bonds. The second kappa shape index (κ2) is 19.2. The summed E-state index contributed by atoms with van der Waals surface area (Å²) in [6, 6.07) is 7.74. The summed E-state index contributed by atoms with van der Waals surface area (Å²) in [6.07, 6.45) is 8.93. The Morgan fingerprint density at radius 1 is 1.02 bits per heavy atom. The second-order valence-corrected chi connectivity index (χ2v) is 15.8. The van der Waals surface area contributed by atoms with E-state index in [-0.39, 0.29) is 36.2 Å². The molecule has 3 heterocycles. The van der Waals surface area contributed by atoms with Crippen molar-refractivity contribution in [3.8, 4) is 0 Å². The first kappa shape index (κ1) is 40.8. The minimum Gasteiger partial charge on any atom is -0.442 e. The number of sulfonamides is 1. The summed E-state index contributed by atoms with van der Waals surface area (Å²) in [6.45, 7) is 9.44. The highest BCUT2D eigenvalue weighted by Gasteiger charge is 2.30. The number of piperazine rings is 2. The van der Waals surface area contributed by atoms with Gasteiger partial charge in [0.2, 0.25) is 10.0 Å². The number of anilines is 1. The molecule has 0 aliphatic carbocycles. The highest BCUT2D eigenvalue weighted by Crippen LogP contribution is 2.28. The molecule has 1 N–H and O–H groups in total. The highest BCUT2D eigenvalue weighted by molar-refractivity contribution is 7.89. The van der Waals surface area contributed by atoms with E-state index in [0.29, 0.717) is 62.1 Å². The maximum absolute atomic E-state index is 14.9. The first-order valence-corrected chi connectivity index (χ1v) is 19.3. The molecule has 2 saturated heterocycles. The number of aldehydes is 2. The molecule has 1 aromatic heterocycles. The third-order valence-corrected chi connectivity index (χ3v) is 11.8. The number of allylic oxidation sites excluding steroid dienone is 2. The molecule has 12 nitrogen and oxygen atoms in total. The lowest BCUT2D eigenvalue weighted by Gasteiger charge is -2.35. The standard InChI is InChI=1S/C38H52FN5O7S/c1-28(8-10-37(29(2)7-9-34(47)11-21-45)51-38(48)43-15-13-41(4)14-16-43)36(27-46)30(3)22-31-23-32(39)25-33(24-31)42-17-19-44(20-18-42)52(49,50)35-6-5-12-40-26-35/h5-6,8,10,12,21-29,34,36-37,47H,7,9,11,13-20H2,1-4H3/b10-8+,30-22+/t28-,29-,34+,36-,37-/m0/s1. The van der Waals surface area contributed by atoms with Crippen LogP contribution in [0.25, 0.3) is 6.08 Å². The molecule has 5 atom stereocenters. The molecule has 2 aromatic rings. The van der Waals surface area contributed by atoms with Crippen LogP contribution >= 0.6 is 0 Å². The number of pyridine rings is 1. The predicted octanol–water partition coefficient (Wildman–Crippen LogP) is 4.26. The Kier molecular flexibility index (Phi) is 15.1. The SMILES string of the molecule is C/C(=C\c1cc(F)cc(N2CCN(S(=O)(=O)c3cccnc3)CC2)c1)[C@@H](C=O)[C@@H](C)/C=C/[C@H](OC(=O)N1CCN(C)CC1)[C@@H](C)CC[C@@H](O)CC=O. The lowest BCUT2D eigenvalue weighted by molar-refractivity contribution is -0.111. The molecule has 0 spiro atoms. The van der Waals surface area contributed by atoms with Crippen LogP contribution in [0.15, 0.2) is 65.3 Å². The van der Waals surface area contributed by atoms with Gasteiger partial charge in [-0.15, -0.1) is 0 Å². The Morgan fingerprint density at radius 2 is 1.73 bits per heavy atom. The van der Waals surface area contributed by atoms with E-state index in [0.717, 1.165) is 19.4 Å². The predicted molar refractivity (Wildman–Crippen MR) is 198 cm³/mol. The van der Waals surface area contributed by atoms with E-state index in [9.17, 15) is 32.3 Å². The van der Waals surface area contributed by atoms with Gasteiger partial charge < -0.3 is 34.1 Å². The van der Waals surface area contributed by atoms with Crippen LogP contribution in [0.1, 0.15) is 45.6 Å². The fourth-order valence-electron chi connectivity index (χ4n) is 6.48. The number of likely N-dealkylation sites (N-methyl/N-ethyl adjacent to an activating group) is 1. The van der Waals surface area contributed by atoms with Crippen LogP contribution in [0.3, 0.4) is 0 Å². The minimum absolute atomic E-state index is 0.0403. The Bertz CT molecular complexity index is 1660. The molecule has 4 rings (SSSR count). The number of carbonyl (C=O) groups is 3. The third-order valence-electron chi connectivity index (χ3n) is 9.90. The number of hydrogen-bond acceptors (Lipinski definition) is 10. The minimum atomic E-state index is -3.69. The molecule has 2 aliphatic heterocycles. The number of halogens is 1. The van der Waals surface area contributed by atoms with Gasteiger partial charge in [-0.2, -0.15) is 4.31 Å². The van der Waals surface area contributed by atoms with Gasteiger partial charge in [-0.25, -0.2) is 17.6 Å². The monoisotopic (exact) mass is 741 g/mol. The van der Waals surface area contributed by atoms with Crippen LogP contribution in [-0.2, 0) is 24.3 Å². The van der Waals surface area contributed by atoms with Gasteiger partial charge in [-0.3, -0.25) is 4.98 Å². The van der Waals surface area contributed by atoms with Crippen molar-refractivity contribution in [3.63, 3.8) is 0 Å². The van der Waals surface area contributed by atoms with E-state index in [1.54, 1.807) is 23.1 Å². The summed E-state index contributed by atoms with van der Waals surface area (Å²) < 4.78 is 48.4. The smallest absolute Gasteiger partial charge is 0.410 e. The number of aliphatic hydroxyl groups excluding tert-OH is 1. The quantitative estimate of drug-likeness (QED) is 0.196. The molecule has 0 bridgehead atoms. The zero-order valence-electron chi connectivity index (χ0n) is 30.5. The van der Waals surface area contributed by atoms with Crippen molar-refractivity contribution in [2.75, 3.05) is 64.3 Å². The largest absolute Gasteiger partial charge is 0.442 e. The van der Waals surface area contributed by atoms with Crippen LogP contribution in [0, 0.1) is 23.6 Å². The first-order valence-electron chi connectivity index (χ1n) is 17.9. The van der Waals surface area contributed by atoms with Gasteiger partial charge in [0.25, 0.3) is 0 Å². The van der Waals surface area contributed by atoms with Gasteiger partial charge in [0, 0.05) is 82.8 Å².